The third-order valence-corrected chi connectivity index (χ3v) is 6.23. The van der Waals surface area contributed by atoms with E-state index in [1.807, 2.05) is 4.90 Å². The van der Waals surface area contributed by atoms with E-state index >= 15 is 0 Å². The molecule has 0 aromatic carbocycles. The number of amides is 1. The molecular formula is C20H39N3O2. The normalized spacial score (nSPS) is 22.5. The minimum atomic E-state index is 0.170. The summed E-state index contributed by atoms with van der Waals surface area (Å²) in [6, 6.07) is 0.691. The van der Waals surface area contributed by atoms with E-state index in [4.69, 9.17) is 4.74 Å². The van der Waals surface area contributed by atoms with Crippen LogP contribution in [0.5, 0.6) is 0 Å². The Kier molecular flexibility index (Phi) is 8.67. The number of hydrogen-bond donors (Lipinski definition) is 0. The van der Waals surface area contributed by atoms with E-state index in [9.17, 15) is 4.79 Å². The van der Waals surface area contributed by atoms with Gasteiger partial charge in [0.05, 0.1) is 6.61 Å². The minimum Gasteiger partial charge on any atom is -0.370 e. The minimum absolute atomic E-state index is 0.170. The van der Waals surface area contributed by atoms with Crippen molar-refractivity contribution >= 4 is 5.91 Å². The van der Waals surface area contributed by atoms with E-state index in [-0.39, 0.29) is 12.5 Å². The van der Waals surface area contributed by atoms with Gasteiger partial charge in [-0.05, 0) is 38.0 Å². The molecule has 1 amide bonds. The highest BCUT2D eigenvalue weighted by molar-refractivity contribution is 5.77. The zero-order valence-corrected chi connectivity index (χ0v) is 16.9. The van der Waals surface area contributed by atoms with Crippen LogP contribution >= 0.6 is 0 Å². The molecule has 0 aliphatic carbocycles. The van der Waals surface area contributed by atoms with Crippen molar-refractivity contribution < 1.29 is 9.53 Å². The summed E-state index contributed by atoms with van der Waals surface area (Å²) in [4.78, 5) is 19.3. The second-order valence-corrected chi connectivity index (χ2v) is 8.15. The van der Waals surface area contributed by atoms with E-state index in [1.165, 1.54) is 6.42 Å². The van der Waals surface area contributed by atoms with Crippen LogP contribution in [0.2, 0.25) is 0 Å². The highest BCUT2D eigenvalue weighted by Gasteiger charge is 2.24. The summed E-state index contributed by atoms with van der Waals surface area (Å²) in [6.45, 7) is 17.3. The van der Waals surface area contributed by atoms with Crippen LogP contribution in [0.3, 0.4) is 0 Å². The zero-order valence-electron chi connectivity index (χ0n) is 16.9. The van der Waals surface area contributed by atoms with Crippen LogP contribution in [-0.4, -0.2) is 85.7 Å². The van der Waals surface area contributed by atoms with E-state index in [0.717, 1.165) is 70.5 Å². The van der Waals surface area contributed by atoms with Crippen LogP contribution in [0.25, 0.3) is 0 Å². The Bertz CT molecular complexity index is 386. The van der Waals surface area contributed by atoms with Gasteiger partial charge in [0, 0.05) is 51.9 Å². The van der Waals surface area contributed by atoms with Gasteiger partial charge < -0.3 is 9.64 Å². The fourth-order valence-electron chi connectivity index (χ4n) is 3.95. The van der Waals surface area contributed by atoms with Crippen molar-refractivity contribution in [1.82, 2.24) is 14.7 Å². The van der Waals surface area contributed by atoms with Crippen molar-refractivity contribution in [3.63, 3.8) is 0 Å². The van der Waals surface area contributed by atoms with E-state index in [1.54, 1.807) is 0 Å². The summed E-state index contributed by atoms with van der Waals surface area (Å²) in [5, 5.41) is 0. The van der Waals surface area contributed by atoms with Gasteiger partial charge in [-0.25, -0.2) is 0 Å². The first-order valence-electron chi connectivity index (χ1n) is 10.3. The van der Waals surface area contributed by atoms with E-state index < -0.39 is 0 Å². The Morgan fingerprint density at radius 3 is 2.24 bits per heavy atom. The van der Waals surface area contributed by atoms with Gasteiger partial charge in [0.25, 0.3) is 0 Å². The lowest BCUT2D eigenvalue weighted by molar-refractivity contribution is -0.137. The molecule has 2 aliphatic heterocycles. The molecule has 1 atom stereocenters. The lowest BCUT2D eigenvalue weighted by Crippen LogP contribution is -2.50. The van der Waals surface area contributed by atoms with Gasteiger partial charge >= 0.3 is 0 Å². The fraction of sp³-hybridized carbons (Fsp3) is 0.950. The number of nitrogens with zero attached hydrogens (tertiary/aromatic N) is 3. The van der Waals surface area contributed by atoms with Gasteiger partial charge in [-0.1, -0.05) is 20.8 Å². The zero-order chi connectivity index (χ0) is 18.2. The molecular weight excluding hydrogens is 314 g/mol. The van der Waals surface area contributed by atoms with Gasteiger partial charge in [-0.2, -0.15) is 0 Å². The Hall–Kier alpha value is -0.650. The maximum Gasteiger partial charge on any atom is 0.248 e. The number of rotatable bonds is 8. The monoisotopic (exact) mass is 353 g/mol. The average molecular weight is 354 g/mol. The number of likely N-dealkylation sites (tertiary alicyclic amines) is 1. The molecule has 0 radical (unpaired) electrons. The average Bonchev–Trinajstić information content (AvgIpc) is 2.65. The Labute approximate surface area is 154 Å². The van der Waals surface area contributed by atoms with Crippen LogP contribution in [0.1, 0.15) is 47.0 Å². The molecule has 0 aromatic rings. The molecule has 5 heteroatoms. The molecule has 0 spiro atoms. The molecule has 0 N–H and O–H groups in total. The molecule has 5 nitrogen and oxygen atoms in total. The second kappa shape index (κ2) is 10.5. The summed E-state index contributed by atoms with van der Waals surface area (Å²) in [5.74, 6) is 1.68. The number of piperidine rings is 1. The summed E-state index contributed by atoms with van der Waals surface area (Å²) in [5.41, 5.74) is 0. The summed E-state index contributed by atoms with van der Waals surface area (Å²) in [6.07, 6.45) is 3.51. The molecule has 2 heterocycles. The van der Waals surface area contributed by atoms with Gasteiger partial charge in [0.15, 0.2) is 0 Å². The predicted molar refractivity (Wildman–Crippen MR) is 103 cm³/mol. The SMILES string of the molecule is CCC(C)N1CCN(CCOCC(=O)N2CCC(C(C)C)CC2)CC1. The topological polar surface area (TPSA) is 36.0 Å². The van der Waals surface area contributed by atoms with Crippen LogP contribution in [-0.2, 0) is 9.53 Å². The molecule has 0 saturated carbocycles. The van der Waals surface area contributed by atoms with Crippen molar-refractivity contribution in [3.05, 3.63) is 0 Å². The van der Waals surface area contributed by atoms with E-state index in [0.29, 0.717) is 12.6 Å². The molecule has 0 bridgehead atoms. The number of carbonyl (C=O) groups is 1. The molecule has 0 aromatic heterocycles. The van der Waals surface area contributed by atoms with Crippen LogP contribution in [0, 0.1) is 11.8 Å². The molecule has 2 aliphatic rings. The maximum atomic E-state index is 12.3. The van der Waals surface area contributed by atoms with Gasteiger partial charge in [-0.3, -0.25) is 14.6 Å². The molecule has 25 heavy (non-hydrogen) atoms. The quantitative estimate of drug-likeness (QED) is 0.628. The Morgan fingerprint density at radius 2 is 1.68 bits per heavy atom. The molecule has 146 valence electrons. The van der Waals surface area contributed by atoms with Gasteiger partial charge in [-0.15, -0.1) is 0 Å². The van der Waals surface area contributed by atoms with Crippen molar-refractivity contribution in [1.29, 1.82) is 0 Å². The smallest absolute Gasteiger partial charge is 0.248 e. The molecule has 2 saturated heterocycles. The second-order valence-electron chi connectivity index (χ2n) is 8.15. The van der Waals surface area contributed by atoms with Crippen molar-refractivity contribution in [2.75, 3.05) is 59.0 Å². The number of hydrogen-bond acceptors (Lipinski definition) is 4. The standard InChI is InChI=1S/C20H39N3O2/c1-5-18(4)22-12-10-21(11-13-22)14-15-25-16-20(24)23-8-6-19(7-9-23)17(2)3/h17-19H,5-16H2,1-4H3. The van der Waals surface area contributed by atoms with Gasteiger partial charge in [0.1, 0.15) is 6.61 Å². The van der Waals surface area contributed by atoms with Gasteiger partial charge in [0.2, 0.25) is 5.91 Å². The van der Waals surface area contributed by atoms with Crippen LogP contribution in [0.15, 0.2) is 0 Å². The van der Waals surface area contributed by atoms with Crippen molar-refractivity contribution in [3.8, 4) is 0 Å². The fourth-order valence-corrected chi connectivity index (χ4v) is 3.95. The first-order valence-corrected chi connectivity index (χ1v) is 10.3. The summed E-state index contributed by atoms with van der Waals surface area (Å²) in [7, 11) is 0. The largest absolute Gasteiger partial charge is 0.370 e. The number of carbonyl (C=O) groups excluding carboxylic acids is 1. The van der Waals surface area contributed by atoms with E-state index in [2.05, 4.69) is 37.5 Å². The molecule has 2 rings (SSSR count). The highest BCUT2D eigenvalue weighted by Crippen LogP contribution is 2.24. The maximum absolute atomic E-state index is 12.3. The third kappa shape index (κ3) is 6.54. The Morgan fingerprint density at radius 1 is 1.04 bits per heavy atom. The lowest BCUT2D eigenvalue weighted by atomic mass is 9.87. The van der Waals surface area contributed by atoms with Crippen LogP contribution < -0.4 is 0 Å². The number of ether oxygens (including phenoxy) is 1. The highest BCUT2D eigenvalue weighted by atomic mass is 16.5. The molecule has 1 unspecified atom stereocenters. The Balaban J connectivity index is 1.54. The summed E-state index contributed by atoms with van der Waals surface area (Å²) >= 11 is 0. The van der Waals surface area contributed by atoms with Crippen molar-refractivity contribution in [2.24, 2.45) is 11.8 Å². The molecule has 2 fully saturated rings. The summed E-state index contributed by atoms with van der Waals surface area (Å²) < 4.78 is 5.67. The van der Waals surface area contributed by atoms with Crippen LogP contribution in [0.4, 0.5) is 0 Å². The predicted octanol–water partition coefficient (Wildman–Crippen LogP) is 2.31. The first-order chi connectivity index (χ1) is 12.0. The third-order valence-electron chi connectivity index (χ3n) is 6.23. The van der Waals surface area contributed by atoms with Crippen molar-refractivity contribution in [2.45, 2.75) is 53.0 Å². The first kappa shape index (κ1) is 20.7. The number of piperazine rings is 1. The lowest BCUT2D eigenvalue weighted by Gasteiger charge is -2.37.